The molecule has 1 aliphatic heterocycles. The number of hydrogen-bond acceptors (Lipinski definition) is 4. The zero-order valence-corrected chi connectivity index (χ0v) is 6.70. The predicted molar refractivity (Wildman–Crippen MR) is 38.5 cm³/mol. The van der Waals surface area contributed by atoms with Gasteiger partial charge < -0.3 is 9.84 Å². The first-order valence-corrected chi connectivity index (χ1v) is 3.74. The van der Waals surface area contributed by atoms with Crippen molar-refractivity contribution in [1.82, 2.24) is 5.32 Å². The Labute approximate surface area is 65.5 Å². The number of esters is 1. The number of ether oxygens (including phenoxy) is 1. The average Bonchev–Trinajstić information content (AvgIpc) is 2.09. The van der Waals surface area contributed by atoms with Crippen molar-refractivity contribution in [3.8, 4) is 0 Å². The molecule has 64 valence electrons. The van der Waals surface area contributed by atoms with Crippen LogP contribution in [0.4, 0.5) is 0 Å². The molecule has 1 saturated heterocycles. The van der Waals surface area contributed by atoms with E-state index in [1.54, 1.807) is 0 Å². The molecule has 0 aromatic carbocycles. The lowest BCUT2D eigenvalue weighted by Gasteiger charge is -2.07. The van der Waals surface area contributed by atoms with Gasteiger partial charge in [0.2, 0.25) is 0 Å². The molecule has 0 bridgehead atoms. The fraction of sp³-hybridized carbons (Fsp3) is 0.857. The summed E-state index contributed by atoms with van der Waals surface area (Å²) < 4.78 is 4.48. The third-order valence-electron chi connectivity index (χ3n) is 1.56. The molecule has 1 unspecified atom stereocenters. The largest absolute Gasteiger partial charge is 0.421 e. The second-order valence-corrected chi connectivity index (χ2v) is 3.14. The maximum Gasteiger partial charge on any atom is 0.326 e. The molecule has 1 rings (SSSR count). The van der Waals surface area contributed by atoms with Gasteiger partial charge in [-0.1, -0.05) is 13.8 Å². The topological polar surface area (TPSA) is 58.6 Å². The van der Waals surface area contributed by atoms with Crippen molar-refractivity contribution >= 4 is 5.97 Å². The van der Waals surface area contributed by atoms with E-state index in [0.717, 1.165) is 0 Å². The van der Waals surface area contributed by atoms with Gasteiger partial charge in [-0.2, -0.15) is 0 Å². The quantitative estimate of drug-likeness (QED) is 0.549. The molecule has 11 heavy (non-hydrogen) atoms. The number of cyclic esters (lactones) is 1. The van der Waals surface area contributed by atoms with E-state index in [-0.39, 0.29) is 12.0 Å². The second-order valence-electron chi connectivity index (χ2n) is 3.14. The third-order valence-corrected chi connectivity index (χ3v) is 1.56. The Balaban J connectivity index is 2.41. The van der Waals surface area contributed by atoms with E-state index in [9.17, 15) is 4.79 Å². The van der Waals surface area contributed by atoms with Gasteiger partial charge in [0.25, 0.3) is 6.41 Å². The van der Waals surface area contributed by atoms with Gasteiger partial charge in [0.05, 0.1) is 0 Å². The Hall–Kier alpha value is -0.610. The zero-order chi connectivity index (χ0) is 8.43. The van der Waals surface area contributed by atoms with Gasteiger partial charge in [0.1, 0.15) is 6.04 Å². The van der Waals surface area contributed by atoms with E-state index in [1.807, 2.05) is 13.8 Å². The molecule has 0 radical (unpaired) electrons. The zero-order valence-electron chi connectivity index (χ0n) is 6.70. The highest BCUT2D eigenvalue weighted by atomic mass is 16.7. The molecule has 0 aromatic rings. The molecule has 2 N–H and O–H groups in total. The number of carbonyl (C=O) groups excluding carboxylic acids is 1. The van der Waals surface area contributed by atoms with Crippen LogP contribution in [0.15, 0.2) is 0 Å². The highest BCUT2D eigenvalue weighted by Gasteiger charge is 2.32. The van der Waals surface area contributed by atoms with Gasteiger partial charge >= 0.3 is 5.97 Å². The van der Waals surface area contributed by atoms with Crippen LogP contribution in [0.1, 0.15) is 20.3 Å². The van der Waals surface area contributed by atoms with E-state index >= 15 is 0 Å². The van der Waals surface area contributed by atoms with E-state index in [0.29, 0.717) is 12.3 Å². The standard InChI is InChI=1S/C7H13NO3/c1-4(2)3-5-6(9)11-7(10)8-5/h4-5,7-8,10H,3H2,1-2H3/t5-,7?/m1/s1. The fourth-order valence-corrected chi connectivity index (χ4v) is 1.10. The summed E-state index contributed by atoms with van der Waals surface area (Å²) in [5.74, 6) is 0.0663. The van der Waals surface area contributed by atoms with E-state index < -0.39 is 6.41 Å². The lowest BCUT2D eigenvalue weighted by Crippen LogP contribution is -2.32. The number of rotatable bonds is 2. The maximum absolute atomic E-state index is 10.9. The maximum atomic E-state index is 10.9. The first kappa shape index (κ1) is 8.49. The van der Waals surface area contributed by atoms with Gasteiger partial charge in [0, 0.05) is 0 Å². The minimum absolute atomic E-state index is 0.329. The van der Waals surface area contributed by atoms with Crippen molar-refractivity contribution in [3.05, 3.63) is 0 Å². The lowest BCUT2D eigenvalue weighted by atomic mass is 10.0. The molecular formula is C7H13NO3. The number of aliphatic hydroxyl groups is 1. The molecule has 4 nitrogen and oxygen atoms in total. The van der Waals surface area contributed by atoms with Gasteiger partial charge in [-0.05, 0) is 12.3 Å². The Kier molecular flexibility index (Phi) is 2.46. The molecule has 0 aliphatic carbocycles. The highest BCUT2D eigenvalue weighted by Crippen LogP contribution is 2.11. The van der Waals surface area contributed by atoms with Crippen molar-refractivity contribution in [2.75, 3.05) is 0 Å². The van der Waals surface area contributed by atoms with E-state index in [2.05, 4.69) is 10.1 Å². The van der Waals surface area contributed by atoms with Crippen LogP contribution in [-0.2, 0) is 9.53 Å². The summed E-state index contributed by atoms with van der Waals surface area (Å²) in [7, 11) is 0. The Morgan fingerprint density at radius 3 is 2.73 bits per heavy atom. The summed E-state index contributed by atoms with van der Waals surface area (Å²) in [6.07, 6.45) is -0.401. The highest BCUT2D eigenvalue weighted by molar-refractivity contribution is 5.77. The van der Waals surface area contributed by atoms with Crippen LogP contribution in [0.25, 0.3) is 0 Å². The Bertz CT molecular complexity index is 158. The van der Waals surface area contributed by atoms with Crippen LogP contribution in [0.5, 0.6) is 0 Å². The molecule has 0 amide bonds. The number of hydrogen-bond donors (Lipinski definition) is 2. The second kappa shape index (κ2) is 3.19. The van der Waals surface area contributed by atoms with Crippen LogP contribution in [-0.4, -0.2) is 23.5 Å². The first-order valence-electron chi connectivity index (χ1n) is 3.74. The number of nitrogens with one attached hydrogen (secondary N) is 1. The molecule has 0 aromatic heterocycles. The van der Waals surface area contributed by atoms with E-state index in [4.69, 9.17) is 5.11 Å². The monoisotopic (exact) mass is 159 g/mol. The fourth-order valence-electron chi connectivity index (χ4n) is 1.10. The van der Waals surface area contributed by atoms with E-state index in [1.165, 1.54) is 0 Å². The van der Waals surface area contributed by atoms with Crippen molar-refractivity contribution in [2.24, 2.45) is 5.92 Å². The SMILES string of the molecule is CC(C)C[C@H]1NC(O)OC1=O. The van der Waals surface area contributed by atoms with Crippen molar-refractivity contribution in [1.29, 1.82) is 0 Å². The molecule has 1 fully saturated rings. The van der Waals surface area contributed by atoms with Gasteiger partial charge in [-0.25, -0.2) is 5.32 Å². The van der Waals surface area contributed by atoms with Crippen LogP contribution in [0.2, 0.25) is 0 Å². The summed E-state index contributed by atoms with van der Waals surface area (Å²) >= 11 is 0. The molecule has 2 atom stereocenters. The summed E-state index contributed by atoms with van der Waals surface area (Å²) in [6, 6.07) is -0.329. The Morgan fingerprint density at radius 1 is 1.73 bits per heavy atom. The van der Waals surface area contributed by atoms with Crippen molar-refractivity contribution in [2.45, 2.75) is 32.7 Å². The van der Waals surface area contributed by atoms with Crippen LogP contribution < -0.4 is 5.32 Å². The summed E-state index contributed by atoms with van der Waals surface area (Å²) in [5.41, 5.74) is 0. The van der Waals surface area contributed by atoms with Crippen LogP contribution in [0, 0.1) is 5.92 Å². The molecular weight excluding hydrogens is 146 g/mol. The number of aliphatic hydroxyl groups excluding tert-OH is 1. The summed E-state index contributed by atoms with van der Waals surface area (Å²) in [4.78, 5) is 10.9. The molecule has 0 saturated carbocycles. The normalized spacial score (nSPS) is 31.1. The van der Waals surface area contributed by atoms with Crippen LogP contribution >= 0.6 is 0 Å². The number of carbonyl (C=O) groups is 1. The molecule has 1 aliphatic rings. The first-order chi connectivity index (χ1) is 5.09. The molecule has 1 heterocycles. The van der Waals surface area contributed by atoms with Gasteiger partial charge in [0.15, 0.2) is 0 Å². The molecule has 4 heteroatoms. The van der Waals surface area contributed by atoms with Gasteiger partial charge in [-0.15, -0.1) is 0 Å². The predicted octanol–water partition coefficient (Wildman–Crippen LogP) is -0.177. The third kappa shape index (κ3) is 2.17. The molecule has 0 spiro atoms. The van der Waals surface area contributed by atoms with Gasteiger partial charge in [-0.3, -0.25) is 4.79 Å². The van der Waals surface area contributed by atoms with Crippen LogP contribution in [0.3, 0.4) is 0 Å². The summed E-state index contributed by atoms with van der Waals surface area (Å²) in [5, 5.41) is 11.4. The van der Waals surface area contributed by atoms with Crippen molar-refractivity contribution < 1.29 is 14.6 Å². The summed E-state index contributed by atoms with van der Waals surface area (Å²) in [6.45, 7) is 4.03. The minimum Gasteiger partial charge on any atom is -0.421 e. The van der Waals surface area contributed by atoms with Crippen molar-refractivity contribution in [3.63, 3.8) is 0 Å². The smallest absolute Gasteiger partial charge is 0.326 e. The average molecular weight is 159 g/mol. The Morgan fingerprint density at radius 2 is 2.36 bits per heavy atom. The minimum atomic E-state index is -1.11. The lowest BCUT2D eigenvalue weighted by molar-refractivity contribution is -0.155.